The van der Waals surface area contributed by atoms with Crippen LogP contribution in [0.5, 0.6) is 0 Å². The maximum absolute atomic E-state index is 2.34. The third-order valence-electron chi connectivity index (χ3n) is 2.50. The van der Waals surface area contributed by atoms with E-state index in [4.69, 9.17) is 0 Å². The number of rotatable bonds is 3. The normalized spacial score (nSPS) is 10.9. The quantitative estimate of drug-likeness (QED) is 0.697. The number of thiazole rings is 1. The molecular formula is C13H16NS+. The van der Waals surface area contributed by atoms with E-state index in [0.29, 0.717) is 5.92 Å². The van der Waals surface area contributed by atoms with E-state index in [0.717, 1.165) is 6.54 Å². The van der Waals surface area contributed by atoms with Crippen LogP contribution in [0.1, 0.15) is 31.0 Å². The Morgan fingerprint density at radius 1 is 1.20 bits per heavy atom. The van der Waals surface area contributed by atoms with Gasteiger partial charge in [-0.15, -0.1) is 0 Å². The van der Waals surface area contributed by atoms with E-state index < -0.39 is 0 Å². The van der Waals surface area contributed by atoms with E-state index in [9.17, 15) is 0 Å². The molecule has 0 spiro atoms. The smallest absolute Gasteiger partial charge is 0.188 e. The van der Waals surface area contributed by atoms with Crippen LogP contribution >= 0.6 is 11.3 Å². The lowest BCUT2D eigenvalue weighted by molar-refractivity contribution is -0.691. The maximum Gasteiger partial charge on any atom is 0.225 e. The van der Waals surface area contributed by atoms with Gasteiger partial charge in [-0.1, -0.05) is 55.5 Å². The molecule has 15 heavy (non-hydrogen) atoms. The van der Waals surface area contributed by atoms with Crippen molar-refractivity contribution in [3.05, 3.63) is 52.5 Å². The van der Waals surface area contributed by atoms with Crippen molar-refractivity contribution in [3.63, 3.8) is 0 Å². The zero-order chi connectivity index (χ0) is 10.7. The van der Waals surface area contributed by atoms with Crippen LogP contribution in [0.2, 0.25) is 0 Å². The molecule has 2 heteroatoms. The molecule has 2 aromatic rings. The average molecular weight is 218 g/mol. The van der Waals surface area contributed by atoms with Crippen molar-refractivity contribution < 1.29 is 4.57 Å². The Morgan fingerprint density at radius 2 is 1.93 bits per heavy atom. The first-order valence-corrected chi connectivity index (χ1v) is 6.21. The fourth-order valence-electron chi connectivity index (χ4n) is 1.68. The van der Waals surface area contributed by atoms with Crippen LogP contribution < -0.4 is 4.57 Å². The number of nitrogens with zero attached hydrogens (tertiary/aromatic N) is 1. The Labute approximate surface area is 95.0 Å². The van der Waals surface area contributed by atoms with Gasteiger partial charge in [-0.25, -0.2) is 0 Å². The van der Waals surface area contributed by atoms with Gasteiger partial charge in [0.2, 0.25) is 5.51 Å². The molecule has 0 aliphatic heterocycles. The van der Waals surface area contributed by atoms with Gasteiger partial charge in [-0.3, -0.25) is 0 Å². The summed E-state index contributed by atoms with van der Waals surface area (Å²) in [5.74, 6) is 0.597. The molecule has 1 aromatic carbocycles. The predicted molar refractivity (Wildman–Crippen MR) is 64.1 cm³/mol. The molecule has 0 bridgehead atoms. The molecule has 0 amide bonds. The summed E-state index contributed by atoms with van der Waals surface area (Å²) in [6.45, 7) is 5.46. The number of aromatic nitrogens is 1. The first kappa shape index (κ1) is 10.4. The summed E-state index contributed by atoms with van der Waals surface area (Å²) in [6, 6.07) is 10.6. The molecule has 0 saturated heterocycles. The van der Waals surface area contributed by atoms with Crippen molar-refractivity contribution >= 4 is 11.3 Å². The predicted octanol–water partition coefficient (Wildman–Crippen LogP) is 3.21. The minimum absolute atomic E-state index is 0.597. The van der Waals surface area contributed by atoms with E-state index in [2.05, 4.69) is 59.6 Å². The molecule has 78 valence electrons. The molecule has 1 nitrogen and oxygen atoms in total. The minimum atomic E-state index is 0.597. The van der Waals surface area contributed by atoms with Crippen LogP contribution in [-0.2, 0) is 6.54 Å². The highest BCUT2D eigenvalue weighted by atomic mass is 32.1. The first-order chi connectivity index (χ1) is 7.27. The fourth-order valence-corrected chi connectivity index (χ4v) is 2.63. The Hall–Kier alpha value is -1.15. The Morgan fingerprint density at radius 3 is 2.60 bits per heavy atom. The summed E-state index contributed by atoms with van der Waals surface area (Å²) in [5, 5.41) is 2.24. The highest BCUT2D eigenvalue weighted by Gasteiger charge is 2.15. The van der Waals surface area contributed by atoms with Crippen molar-refractivity contribution in [2.24, 2.45) is 0 Å². The standard InChI is InChI=1S/C13H16NS/c1-11(2)13-9-15-10-14(13)8-12-6-4-3-5-7-12/h3-7,9-11H,8H2,1-2H3/q+1. The van der Waals surface area contributed by atoms with Gasteiger partial charge in [0.25, 0.3) is 0 Å². The zero-order valence-electron chi connectivity index (χ0n) is 9.18. The Bertz CT molecular complexity index is 417. The maximum atomic E-state index is 2.34. The molecule has 2 rings (SSSR count). The van der Waals surface area contributed by atoms with Gasteiger partial charge in [0.15, 0.2) is 12.2 Å². The van der Waals surface area contributed by atoms with Gasteiger partial charge in [0.1, 0.15) is 0 Å². The van der Waals surface area contributed by atoms with Crippen LogP contribution in [-0.4, -0.2) is 0 Å². The van der Waals surface area contributed by atoms with E-state index in [-0.39, 0.29) is 0 Å². The van der Waals surface area contributed by atoms with Gasteiger partial charge >= 0.3 is 0 Å². The van der Waals surface area contributed by atoms with Crippen LogP contribution in [0.15, 0.2) is 41.2 Å². The molecule has 0 unspecified atom stereocenters. The van der Waals surface area contributed by atoms with Gasteiger partial charge in [0, 0.05) is 11.5 Å². The summed E-state index contributed by atoms with van der Waals surface area (Å²) in [4.78, 5) is 0. The van der Waals surface area contributed by atoms with Gasteiger partial charge in [-0.05, 0) is 0 Å². The molecule has 0 radical (unpaired) electrons. The molecule has 0 fully saturated rings. The SMILES string of the molecule is CC(C)c1csc[n+]1Cc1ccccc1. The molecule has 0 aliphatic carbocycles. The fraction of sp³-hybridized carbons (Fsp3) is 0.308. The molecule has 0 N–H and O–H groups in total. The first-order valence-electron chi connectivity index (χ1n) is 5.27. The second kappa shape index (κ2) is 4.58. The lowest BCUT2D eigenvalue weighted by Gasteiger charge is -2.01. The monoisotopic (exact) mass is 218 g/mol. The highest BCUT2D eigenvalue weighted by Crippen LogP contribution is 2.12. The molecule has 0 saturated carbocycles. The van der Waals surface area contributed by atoms with Crippen molar-refractivity contribution in [3.8, 4) is 0 Å². The van der Waals surface area contributed by atoms with Crippen LogP contribution in [0.25, 0.3) is 0 Å². The van der Waals surface area contributed by atoms with Crippen molar-refractivity contribution in [2.45, 2.75) is 26.3 Å². The van der Waals surface area contributed by atoms with E-state index in [1.807, 2.05) is 0 Å². The van der Waals surface area contributed by atoms with Crippen LogP contribution in [0, 0.1) is 0 Å². The van der Waals surface area contributed by atoms with Gasteiger partial charge in [-0.2, -0.15) is 4.57 Å². The lowest BCUT2D eigenvalue weighted by Crippen LogP contribution is -2.36. The van der Waals surface area contributed by atoms with Gasteiger partial charge < -0.3 is 0 Å². The number of hydrogen-bond acceptors (Lipinski definition) is 1. The largest absolute Gasteiger partial charge is 0.225 e. The van der Waals surface area contributed by atoms with E-state index >= 15 is 0 Å². The highest BCUT2D eigenvalue weighted by molar-refractivity contribution is 7.07. The summed E-state index contributed by atoms with van der Waals surface area (Å²) in [7, 11) is 0. The topological polar surface area (TPSA) is 3.88 Å². The summed E-state index contributed by atoms with van der Waals surface area (Å²) < 4.78 is 2.34. The minimum Gasteiger partial charge on any atom is -0.188 e. The van der Waals surface area contributed by atoms with Crippen LogP contribution in [0.4, 0.5) is 0 Å². The van der Waals surface area contributed by atoms with Crippen LogP contribution in [0.3, 0.4) is 0 Å². The third-order valence-corrected chi connectivity index (χ3v) is 3.25. The Kier molecular flexibility index (Phi) is 3.17. The average Bonchev–Trinajstić information content (AvgIpc) is 2.67. The summed E-state index contributed by atoms with van der Waals surface area (Å²) in [6.07, 6.45) is 0. The summed E-state index contributed by atoms with van der Waals surface area (Å²) in [5.41, 5.74) is 4.98. The lowest BCUT2D eigenvalue weighted by atomic mass is 10.1. The Balaban J connectivity index is 2.21. The van der Waals surface area contributed by atoms with Crippen molar-refractivity contribution in [2.75, 3.05) is 0 Å². The second-order valence-corrected chi connectivity index (χ2v) is 4.77. The summed E-state index contributed by atoms with van der Waals surface area (Å²) >= 11 is 1.78. The molecule has 0 atom stereocenters. The molecule has 1 heterocycles. The molecule has 1 aromatic heterocycles. The van der Waals surface area contributed by atoms with Gasteiger partial charge in [0.05, 0.1) is 5.38 Å². The second-order valence-electron chi connectivity index (χ2n) is 4.05. The van der Waals surface area contributed by atoms with E-state index in [1.54, 1.807) is 11.3 Å². The van der Waals surface area contributed by atoms with Crippen molar-refractivity contribution in [1.82, 2.24) is 0 Å². The van der Waals surface area contributed by atoms with E-state index in [1.165, 1.54) is 11.3 Å². The molecule has 0 aliphatic rings. The zero-order valence-corrected chi connectivity index (χ0v) is 10.00. The molecular weight excluding hydrogens is 202 g/mol. The number of benzene rings is 1. The number of hydrogen-bond donors (Lipinski definition) is 0. The van der Waals surface area contributed by atoms with Crippen molar-refractivity contribution in [1.29, 1.82) is 0 Å². The third kappa shape index (κ3) is 2.45.